The molecule has 0 radical (unpaired) electrons. The van der Waals surface area contributed by atoms with Crippen LogP contribution in [0.1, 0.15) is 22.7 Å². The molecule has 1 N–H and O–H groups in total. The molecule has 3 aromatic carbocycles. The smallest absolute Gasteiger partial charge is 0.207 e. The summed E-state index contributed by atoms with van der Waals surface area (Å²) < 4.78 is 28.5. The molecule has 0 bridgehead atoms. The molecule has 0 spiro atoms. The number of halogens is 1. The molecule has 0 saturated carbocycles. The zero-order chi connectivity index (χ0) is 17.9. The van der Waals surface area contributed by atoms with Gasteiger partial charge in [0.1, 0.15) is 0 Å². The van der Waals surface area contributed by atoms with E-state index in [0.29, 0.717) is 5.02 Å². The quantitative estimate of drug-likeness (QED) is 0.705. The van der Waals surface area contributed by atoms with Crippen LogP contribution in [-0.4, -0.2) is 8.42 Å². The third kappa shape index (κ3) is 4.28. The predicted molar refractivity (Wildman–Crippen MR) is 101 cm³/mol. The molecule has 0 aliphatic heterocycles. The maximum Gasteiger partial charge on any atom is 0.241 e. The van der Waals surface area contributed by atoms with Crippen molar-refractivity contribution >= 4 is 21.6 Å². The molecule has 0 unspecified atom stereocenters. The SMILES string of the molecule is Cc1ccc(S(=O)(=O)N[C@@H](c2ccccc2)c2ccc(Cl)cc2)cc1. The molecule has 0 saturated heterocycles. The molecule has 128 valence electrons. The lowest BCUT2D eigenvalue weighted by Crippen LogP contribution is -2.29. The topological polar surface area (TPSA) is 46.2 Å². The monoisotopic (exact) mass is 371 g/mol. The van der Waals surface area contributed by atoms with Crippen molar-refractivity contribution in [1.29, 1.82) is 0 Å². The Morgan fingerprint density at radius 3 is 1.96 bits per heavy atom. The van der Waals surface area contributed by atoms with Gasteiger partial charge in [-0.05, 0) is 42.3 Å². The lowest BCUT2D eigenvalue weighted by atomic mass is 10.00. The zero-order valence-corrected chi connectivity index (χ0v) is 15.3. The van der Waals surface area contributed by atoms with Crippen molar-refractivity contribution in [2.75, 3.05) is 0 Å². The van der Waals surface area contributed by atoms with Crippen LogP contribution in [0.4, 0.5) is 0 Å². The highest BCUT2D eigenvalue weighted by Gasteiger charge is 2.22. The minimum atomic E-state index is -3.67. The van der Waals surface area contributed by atoms with Gasteiger partial charge in [0.15, 0.2) is 0 Å². The molecule has 0 amide bonds. The van der Waals surface area contributed by atoms with E-state index in [0.717, 1.165) is 16.7 Å². The highest BCUT2D eigenvalue weighted by Crippen LogP contribution is 2.26. The van der Waals surface area contributed by atoms with Crippen LogP contribution in [0, 0.1) is 6.92 Å². The lowest BCUT2D eigenvalue weighted by Gasteiger charge is -2.20. The molecule has 1 atom stereocenters. The van der Waals surface area contributed by atoms with Crippen molar-refractivity contribution in [3.63, 3.8) is 0 Å². The van der Waals surface area contributed by atoms with E-state index in [1.807, 2.05) is 49.4 Å². The number of nitrogens with one attached hydrogen (secondary N) is 1. The summed E-state index contributed by atoms with van der Waals surface area (Å²) in [5, 5.41) is 0.608. The fourth-order valence-electron chi connectivity index (χ4n) is 2.57. The summed E-state index contributed by atoms with van der Waals surface area (Å²) in [6.45, 7) is 1.92. The van der Waals surface area contributed by atoms with Gasteiger partial charge in [-0.1, -0.05) is 71.8 Å². The van der Waals surface area contributed by atoms with Gasteiger partial charge in [0.2, 0.25) is 10.0 Å². The van der Waals surface area contributed by atoms with E-state index >= 15 is 0 Å². The fourth-order valence-corrected chi connectivity index (χ4v) is 3.91. The van der Waals surface area contributed by atoms with Crippen LogP contribution in [0.3, 0.4) is 0 Å². The summed E-state index contributed by atoms with van der Waals surface area (Å²) in [6, 6.07) is 23.0. The lowest BCUT2D eigenvalue weighted by molar-refractivity contribution is 0.572. The van der Waals surface area contributed by atoms with Crippen LogP contribution >= 0.6 is 11.6 Å². The first-order valence-electron chi connectivity index (χ1n) is 7.85. The third-order valence-electron chi connectivity index (χ3n) is 3.94. The molecular formula is C20H18ClNO2S. The van der Waals surface area contributed by atoms with Gasteiger partial charge in [-0.3, -0.25) is 0 Å². The number of hydrogen-bond acceptors (Lipinski definition) is 2. The highest BCUT2D eigenvalue weighted by atomic mass is 35.5. The van der Waals surface area contributed by atoms with Gasteiger partial charge in [0.05, 0.1) is 10.9 Å². The Balaban J connectivity index is 2.00. The first-order valence-corrected chi connectivity index (χ1v) is 9.71. The Hall–Kier alpha value is -2.14. The molecule has 3 rings (SSSR count). The number of rotatable bonds is 5. The number of hydrogen-bond donors (Lipinski definition) is 1. The average molecular weight is 372 g/mol. The molecule has 5 heteroatoms. The van der Waals surface area contributed by atoms with Crippen LogP contribution in [0.5, 0.6) is 0 Å². The van der Waals surface area contributed by atoms with Crippen molar-refractivity contribution in [1.82, 2.24) is 4.72 Å². The summed E-state index contributed by atoms with van der Waals surface area (Å²) in [5.41, 5.74) is 2.70. The molecular weight excluding hydrogens is 354 g/mol. The average Bonchev–Trinajstić information content (AvgIpc) is 2.62. The van der Waals surface area contributed by atoms with E-state index in [1.165, 1.54) is 0 Å². The van der Waals surface area contributed by atoms with Crippen molar-refractivity contribution in [3.8, 4) is 0 Å². The Morgan fingerprint density at radius 2 is 1.36 bits per heavy atom. The van der Waals surface area contributed by atoms with E-state index in [9.17, 15) is 8.42 Å². The van der Waals surface area contributed by atoms with Crippen molar-refractivity contribution in [2.24, 2.45) is 0 Å². The van der Waals surface area contributed by atoms with Gasteiger partial charge in [-0.15, -0.1) is 0 Å². The third-order valence-corrected chi connectivity index (χ3v) is 5.63. The maximum absolute atomic E-state index is 12.8. The van der Waals surface area contributed by atoms with E-state index in [1.54, 1.807) is 36.4 Å². The minimum Gasteiger partial charge on any atom is -0.207 e. The summed E-state index contributed by atoms with van der Waals surface area (Å²) >= 11 is 5.97. The minimum absolute atomic E-state index is 0.244. The molecule has 0 heterocycles. The van der Waals surface area contributed by atoms with E-state index < -0.39 is 16.1 Å². The summed E-state index contributed by atoms with van der Waals surface area (Å²) in [5.74, 6) is 0. The van der Waals surface area contributed by atoms with Crippen molar-refractivity contribution < 1.29 is 8.42 Å². The van der Waals surface area contributed by atoms with Crippen LogP contribution in [0.15, 0.2) is 83.8 Å². The fraction of sp³-hybridized carbons (Fsp3) is 0.100. The van der Waals surface area contributed by atoms with Crippen molar-refractivity contribution in [3.05, 3.63) is 101 Å². The Kier molecular flexibility index (Phi) is 5.23. The number of sulfonamides is 1. The molecule has 25 heavy (non-hydrogen) atoms. The van der Waals surface area contributed by atoms with Gasteiger partial charge in [-0.2, -0.15) is 4.72 Å². The van der Waals surface area contributed by atoms with Gasteiger partial charge < -0.3 is 0 Å². The predicted octanol–water partition coefficient (Wildman–Crippen LogP) is 4.72. The molecule has 3 nitrogen and oxygen atoms in total. The van der Waals surface area contributed by atoms with E-state index in [-0.39, 0.29) is 4.90 Å². The van der Waals surface area contributed by atoms with Gasteiger partial charge >= 0.3 is 0 Å². The van der Waals surface area contributed by atoms with Crippen molar-refractivity contribution in [2.45, 2.75) is 17.9 Å². The zero-order valence-electron chi connectivity index (χ0n) is 13.7. The molecule has 0 fully saturated rings. The molecule has 3 aromatic rings. The number of benzene rings is 3. The van der Waals surface area contributed by atoms with Crippen LogP contribution in [-0.2, 0) is 10.0 Å². The molecule has 0 aromatic heterocycles. The second kappa shape index (κ2) is 7.40. The van der Waals surface area contributed by atoms with Gasteiger partial charge in [0, 0.05) is 5.02 Å². The Bertz CT molecular complexity index is 937. The Morgan fingerprint density at radius 1 is 0.800 bits per heavy atom. The standard InChI is InChI=1S/C20H18ClNO2S/c1-15-7-13-19(14-8-15)25(23,24)22-20(16-5-3-2-4-6-16)17-9-11-18(21)12-10-17/h2-14,20,22H,1H3/t20-/m0/s1. The van der Waals surface area contributed by atoms with Crippen LogP contribution in [0.2, 0.25) is 5.02 Å². The summed E-state index contributed by atoms with van der Waals surface area (Å²) in [4.78, 5) is 0.244. The second-order valence-electron chi connectivity index (χ2n) is 5.83. The van der Waals surface area contributed by atoms with E-state index in [2.05, 4.69) is 4.72 Å². The van der Waals surface area contributed by atoms with Crippen LogP contribution in [0.25, 0.3) is 0 Å². The maximum atomic E-state index is 12.8. The highest BCUT2D eigenvalue weighted by molar-refractivity contribution is 7.89. The first kappa shape index (κ1) is 17.7. The number of aryl methyl sites for hydroxylation is 1. The normalized spacial score (nSPS) is 12.7. The summed E-state index contributed by atoms with van der Waals surface area (Å²) in [6.07, 6.45) is 0. The summed E-state index contributed by atoms with van der Waals surface area (Å²) in [7, 11) is -3.67. The molecule has 0 aliphatic rings. The molecule has 0 aliphatic carbocycles. The second-order valence-corrected chi connectivity index (χ2v) is 7.98. The van der Waals surface area contributed by atoms with Crippen LogP contribution < -0.4 is 4.72 Å². The largest absolute Gasteiger partial charge is 0.241 e. The van der Waals surface area contributed by atoms with Gasteiger partial charge in [0.25, 0.3) is 0 Å². The first-order chi connectivity index (χ1) is 12.0. The Labute approximate surface area is 153 Å². The van der Waals surface area contributed by atoms with E-state index in [4.69, 9.17) is 11.6 Å². The van der Waals surface area contributed by atoms with Gasteiger partial charge in [-0.25, -0.2) is 8.42 Å².